The number of alkyl halides is 2. The van der Waals surface area contributed by atoms with Crippen molar-refractivity contribution in [3.8, 4) is 0 Å². The fourth-order valence-electron chi connectivity index (χ4n) is 0.530. The largest absolute Gasteiger partial charge is 0.390 e. The fraction of sp³-hybridized carbons (Fsp3) is 0.857. The van der Waals surface area contributed by atoms with Gasteiger partial charge in [0.1, 0.15) is 13.2 Å². The van der Waals surface area contributed by atoms with Crippen LogP contribution in [0.2, 0.25) is 0 Å². The van der Waals surface area contributed by atoms with Gasteiger partial charge in [0.05, 0.1) is 6.54 Å². The van der Waals surface area contributed by atoms with E-state index in [1.807, 2.05) is 5.32 Å². The number of ether oxygens (including phenoxy) is 1. The zero-order valence-electron chi connectivity index (χ0n) is 7.35. The number of aliphatic hydroxyl groups excluding tert-OH is 1. The van der Waals surface area contributed by atoms with Gasteiger partial charge < -0.3 is 15.2 Å². The Hall–Kier alpha value is -0.750. The summed E-state index contributed by atoms with van der Waals surface area (Å²) in [5.74, 6) is -3.88. The summed E-state index contributed by atoms with van der Waals surface area (Å²) in [6.07, 6.45) is 0. The Morgan fingerprint density at radius 1 is 1.62 bits per heavy atom. The van der Waals surface area contributed by atoms with Gasteiger partial charge in [-0.05, 0) is 6.92 Å². The van der Waals surface area contributed by atoms with E-state index in [-0.39, 0.29) is 6.61 Å². The van der Waals surface area contributed by atoms with Gasteiger partial charge in [0.25, 0.3) is 5.92 Å². The Kier molecular flexibility index (Phi) is 5.48. The molecule has 0 saturated heterocycles. The summed E-state index contributed by atoms with van der Waals surface area (Å²) < 4.78 is 29.3. The average molecular weight is 197 g/mol. The smallest absolute Gasteiger partial charge is 0.287 e. The molecule has 6 heteroatoms. The first kappa shape index (κ1) is 12.2. The van der Waals surface area contributed by atoms with Crippen LogP contribution < -0.4 is 5.32 Å². The van der Waals surface area contributed by atoms with Gasteiger partial charge in [-0.1, -0.05) is 0 Å². The van der Waals surface area contributed by atoms with E-state index >= 15 is 0 Å². The third-order valence-corrected chi connectivity index (χ3v) is 1.21. The monoisotopic (exact) mass is 197 g/mol. The van der Waals surface area contributed by atoms with E-state index in [0.29, 0.717) is 6.61 Å². The quantitative estimate of drug-likeness (QED) is 0.618. The van der Waals surface area contributed by atoms with E-state index in [1.54, 1.807) is 6.92 Å². The van der Waals surface area contributed by atoms with Crippen molar-refractivity contribution in [1.82, 2.24) is 5.32 Å². The van der Waals surface area contributed by atoms with Crippen LogP contribution in [0.1, 0.15) is 6.92 Å². The summed E-state index contributed by atoms with van der Waals surface area (Å²) in [5, 5.41) is 10.1. The molecule has 0 bridgehead atoms. The highest BCUT2D eigenvalue weighted by molar-refractivity contribution is 5.77. The van der Waals surface area contributed by atoms with Crippen molar-refractivity contribution in [3.63, 3.8) is 0 Å². The van der Waals surface area contributed by atoms with E-state index in [4.69, 9.17) is 5.11 Å². The molecule has 0 fully saturated rings. The molecule has 0 aliphatic carbocycles. The molecule has 0 radical (unpaired) electrons. The molecule has 0 unspecified atom stereocenters. The zero-order chi connectivity index (χ0) is 10.3. The first-order valence-corrected chi connectivity index (χ1v) is 3.85. The van der Waals surface area contributed by atoms with Crippen molar-refractivity contribution in [3.05, 3.63) is 0 Å². The number of amides is 1. The van der Waals surface area contributed by atoms with Crippen LogP contribution in [0.3, 0.4) is 0 Å². The minimum Gasteiger partial charge on any atom is -0.390 e. The van der Waals surface area contributed by atoms with Crippen molar-refractivity contribution < 1.29 is 23.4 Å². The highest BCUT2D eigenvalue weighted by atomic mass is 19.3. The number of aliphatic hydroxyl groups is 1. The van der Waals surface area contributed by atoms with Gasteiger partial charge in [-0.15, -0.1) is 0 Å². The summed E-state index contributed by atoms with van der Waals surface area (Å²) in [7, 11) is 0. The van der Waals surface area contributed by atoms with E-state index < -0.39 is 25.0 Å². The average Bonchev–Trinajstić information content (AvgIpc) is 2.11. The van der Waals surface area contributed by atoms with Gasteiger partial charge in [0, 0.05) is 6.61 Å². The van der Waals surface area contributed by atoms with Crippen LogP contribution in [-0.2, 0) is 9.53 Å². The summed E-state index contributed by atoms with van der Waals surface area (Å²) in [6.45, 7) is -0.339. The van der Waals surface area contributed by atoms with Crippen molar-refractivity contribution in [2.45, 2.75) is 12.8 Å². The SMILES string of the molecule is CCOCC(=O)NCC(F)(F)CO. The maximum atomic E-state index is 12.3. The van der Waals surface area contributed by atoms with Crippen molar-refractivity contribution in [2.24, 2.45) is 0 Å². The molecule has 2 N–H and O–H groups in total. The van der Waals surface area contributed by atoms with E-state index in [1.165, 1.54) is 0 Å². The van der Waals surface area contributed by atoms with Gasteiger partial charge in [-0.3, -0.25) is 4.79 Å². The molecule has 0 saturated carbocycles. The molecule has 13 heavy (non-hydrogen) atoms. The third kappa shape index (κ3) is 6.41. The lowest BCUT2D eigenvalue weighted by Gasteiger charge is -2.13. The van der Waals surface area contributed by atoms with E-state index in [0.717, 1.165) is 0 Å². The molecular formula is C7H13F2NO3. The maximum absolute atomic E-state index is 12.3. The van der Waals surface area contributed by atoms with Crippen LogP contribution in [0.4, 0.5) is 8.78 Å². The second-order valence-corrected chi connectivity index (χ2v) is 2.43. The van der Waals surface area contributed by atoms with Crippen LogP contribution in [-0.4, -0.2) is 43.3 Å². The molecule has 0 rings (SSSR count). The Bertz CT molecular complexity index is 164. The predicted molar refractivity (Wildman–Crippen MR) is 41.5 cm³/mol. The lowest BCUT2D eigenvalue weighted by atomic mass is 10.3. The minimum atomic E-state index is -3.26. The minimum absolute atomic E-state index is 0.238. The van der Waals surface area contributed by atoms with Crippen molar-refractivity contribution >= 4 is 5.91 Å². The Balaban J connectivity index is 3.57. The first-order valence-electron chi connectivity index (χ1n) is 3.85. The van der Waals surface area contributed by atoms with Gasteiger partial charge in [-0.25, -0.2) is 8.78 Å². The zero-order valence-corrected chi connectivity index (χ0v) is 7.35. The van der Waals surface area contributed by atoms with Crippen LogP contribution in [0.15, 0.2) is 0 Å². The summed E-state index contributed by atoms with van der Waals surface area (Å²) >= 11 is 0. The second kappa shape index (κ2) is 5.82. The molecule has 0 aromatic rings. The number of carbonyl (C=O) groups is 1. The molecule has 4 nitrogen and oxygen atoms in total. The molecule has 0 atom stereocenters. The standard InChI is InChI=1S/C7H13F2NO3/c1-2-13-3-6(12)10-4-7(8,9)5-11/h11H,2-5H2,1H3,(H,10,12). The van der Waals surface area contributed by atoms with E-state index in [9.17, 15) is 13.6 Å². The van der Waals surface area contributed by atoms with E-state index in [2.05, 4.69) is 4.74 Å². The molecule has 0 aliphatic rings. The van der Waals surface area contributed by atoms with Gasteiger partial charge in [0.2, 0.25) is 5.91 Å². The number of hydrogen-bond donors (Lipinski definition) is 2. The molecule has 0 aliphatic heterocycles. The van der Waals surface area contributed by atoms with Gasteiger partial charge in [-0.2, -0.15) is 0 Å². The normalized spacial score (nSPS) is 11.4. The third-order valence-electron chi connectivity index (χ3n) is 1.21. The second-order valence-electron chi connectivity index (χ2n) is 2.43. The van der Waals surface area contributed by atoms with Gasteiger partial charge in [0.15, 0.2) is 0 Å². The maximum Gasteiger partial charge on any atom is 0.287 e. The fourth-order valence-corrected chi connectivity index (χ4v) is 0.530. The number of halogens is 2. The lowest BCUT2D eigenvalue weighted by molar-refractivity contribution is -0.128. The molecule has 78 valence electrons. The number of rotatable bonds is 6. The molecule has 1 amide bonds. The Morgan fingerprint density at radius 3 is 2.69 bits per heavy atom. The highest BCUT2D eigenvalue weighted by Crippen LogP contribution is 2.09. The summed E-state index contributed by atoms with van der Waals surface area (Å²) in [5.41, 5.74) is 0. The molecule has 0 heterocycles. The Morgan fingerprint density at radius 2 is 2.23 bits per heavy atom. The van der Waals surface area contributed by atoms with Crippen molar-refractivity contribution in [2.75, 3.05) is 26.4 Å². The van der Waals surface area contributed by atoms with Crippen LogP contribution in [0, 0.1) is 0 Å². The molecule has 0 spiro atoms. The van der Waals surface area contributed by atoms with Gasteiger partial charge >= 0.3 is 0 Å². The highest BCUT2D eigenvalue weighted by Gasteiger charge is 2.27. The number of hydrogen-bond acceptors (Lipinski definition) is 3. The molecule has 0 aromatic heterocycles. The van der Waals surface area contributed by atoms with Crippen LogP contribution in [0.5, 0.6) is 0 Å². The van der Waals surface area contributed by atoms with Crippen LogP contribution in [0.25, 0.3) is 0 Å². The topological polar surface area (TPSA) is 58.6 Å². The van der Waals surface area contributed by atoms with Crippen molar-refractivity contribution in [1.29, 1.82) is 0 Å². The summed E-state index contributed by atoms with van der Waals surface area (Å²) in [4.78, 5) is 10.7. The Labute approximate surface area is 74.9 Å². The van der Waals surface area contributed by atoms with Crippen LogP contribution >= 0.6 is 0 Å². The first-order chi connectivity index (χ1) is 6.02. The lowest BCUT2D eigenvalue weighted by Crippen LogP contribution is -2.40. The molecular weight excluding hydrogens is 184 g/mol. The molecule has 0 aromatic carbocycles. The number of carbonyl (C=O) groups excluding carboxylic acids is 1. The predicted octanol–water partition coefficient (Wildman–Crippen LogP) is -0.233. The number of nitrogens with one attached hydrogen (secondary N) is 1. The summed E-state index contributed by atoms with van der Waals surface area (Å²) in [6, 6.07) is 0.